The zero-order chi connectivity index (χ0) is 14.0. The predicted molar refractivity (Wildman–Crippen MR) is 69.1 cm³/mol. The van der Waals surface area contributed by atoms with E-state index in [9.17, 15) is 17.6 Å². The normalized spacial score (nSPS) is 15.3. The standard InChI is InChI=1S/C12H13ClFNO3S/c13-19(17,18)9-3-4-10(11(14)7-9)12(16)15-6-5-8-1-2-8/h3-4,7-8H,1-2,5-6H2,(H,15,16). The predicted octanol–water partition coefficient (Wildman–Crippen LogP) is 2.28. The van der Waals surface area contributed by atoms with Crippen LogP contribution >= 0.6 is 10.7 Å². The fourth-order valence-electron chi connectivity index (χ4n) is 1.72. The van der Waals surface area contributed by atoms with Gasteiger partial charge in [-0.3, -0.25) is 4.79 Å². The van der Waals surface area contributed by atoms with Gasteiger partial charge in [0.25, 0.3) is 15.0 Å². The molecular weight excluding hydrogens is 293 g/mol. The summed E-state index contributed by atoms with van der Waals surface area (Å²) in [5.74, 6) is -0.767. The van der Waals surface area contributed by atoms with Crippen LogP contribution in [0, 0.1) is 11.7 Å². The van der Waals surface area contributed by atoms with Gasteiger partial charge < -0.3 is 5.32 Å². The average Bonchev–Trinajstić information content (AvgIpc) is 3.11. The summed E-state index contributed by atoms with van der Waals surface area (Å²) in [6, 6.07) is 2.98. The Morgan fingerprint density at radius 1 is 1.42 bits per heavy atom. The second-order valence-corrected chi connectivity index (χ2v) is 7.13. The van der Waals surface area contributed by atoms with E-state index in [1.54, 1.807) is 0 Å². The van der Waals surface area contributed by atoms with Crippen molar-refractivity contribution in [2.24, 2.45) is 5.92 Å². The van der Waals surface area contributed by atoms with Gasteiger partial charge in [0.05, 0.1) is 10.5 Å². The van der Waals surface area contributed by atoms with E-state index in [1.165, 1.54) is 12.8 Å². The summed E-state index contributed by atoms with van der Waals surface area (Å²) >= 11 is 0. The lowest BCUT2D eigenvalue weighted by molar-refractivity contribution is 0.0948. The van der Waals surface area contributed by atoms with Gasteiger partial charge in [-0.25, -0.2) is 12.8 Å². The molecule has 0 spiro atoms. The molecule has 1 saturated carbocycles. The van der Waals surface area contributed by atoms with Crippen LogP contribution in [0.4, 0.5) is 4.39 Å². The smallest absolute Gasteiger partial charge is 0.261 e. The lowest BCUT2D eigenvalue weighted by Crippen LogP contribution is -2.25. The van der Waals surface area contributed by atoms with Crippen molar-refractivity contribution in [2.75, 3.05) is 6.54 Å². The molecule has 1 amide bonds. The lowest BCUT2D eigenvalue weighted by Gasteiger charge is -2.06. The number of nitrogens with one attached hydrogen (secondary N) is 1. The van der Waals surface area contributed by atoms with Crippen LogP contribution in [0.2, 0.25) is 0 Å². The molecule has 0 aromatic heterocycles. The molecule has 1 aromatic carbocycles. The van der Waals surface area contributed by atoms with Crippen LogP contribution in [0.15, 0.2) is 23.1 Å². The summed E-state index contributed by atoms with van der Waals surface area (Å²) in [6.07, 6.45) is 3.26. The molecule has 0 radical (unpaired) electrons. The monoisotopic (exact) mass is 305 g/mol. The molecule has 0 unspecified atom stereocenters. The Hall–Kier alpha value is -1.14. The van der Waals surface area contributed by atoms with Gasteiger partial charge in [0, 0.05) is 17.2 Å². The van der Waals surface area contributed by atoms with E-state index in [4.69, 9.17) is 10.7 Å². The lowest BCUT2D eigenvalue weighted by atomic mass is 10.2. The van der Waals surface area contributed by atoms with Gasteiger partial charge in [0.2, 0.25) is 0 Å². The fraction of sp³-hybridized carbons (Fsp3) is 0.417. The van der Waals surface area contributed by atoms with Crippen molar-refractivity contribution < 1.29 is 17.6 Å². The minimum absolute atomic E-state index is 0.181. The highest BCUT2D eigenvalue weighted by Gasteiger charge is 2.21. The average molecular weight is 306 g/mol. The van der Waals surface area contributed by atoms with Crippen LogP contribution in [0.1, 0.15) is 29.6 Å². The van der Waals surface area contributed by atoms with Gasteiger partial charge in [-0.15, -0.1) is 0 Å². The number of hydrogen-bond acceptors (Lipinski definition) is 3. The Balaban J connectivity index is 2.04. The quantitative estimate of drug-likeness (QED) is 0.849. The summed E-state index contributed by atoms with van der Waals surface area (Å²) in [5.41, 5.74) is -0.181. The van der Waals surface area contributed by atoms with Crippen molar-refractivity contribution >= 4 is 25.6 Å². The Kier molecular flexibility index (Phi) is 4.10. The third kappa shape index (κ3) is 3.91. The molecule has 0 aliphatic heterocycles. The first kappa shape index (κ1) is 14.3. The number of rotatable bonds is 5. The van der Waals surface area contributed by atoms with E-state index in [0.29, 0.717) is 12.5 Å². The highest BCUT2D eigenvalue weighted by molar-refractivity contribution is 8.13. The molecule has 1 aromatic rings. The number of carbonyl (C=O) groups excluding carboxylic acids is 1. The third-order valence-electron chi connectivity index (χ3n) is 3.00. The molecule has 0 heterocycles. The second kappa shape index (κ2) is 5.46. The SMILES string of the molecule is O=C(NCCC1CC1)c1ccc(S(=O)(=O)Cl)cc1F. The van der Waals surface area contributed by atoms with Gasteiger partial charge in [-0.05, 0) is 30.5 Å². The fourth-order valence-corrected chi connectivity index (χ4v) is 2.49. The van der Waals surface area contributed by atoms with Crippen molar-refractivity contribution in [1.29, 1.82) is 0 Å². The van der Waals surface area contributed by atoms with E-state index < -0.39 is 20.8 Å². The van der Waals surface area contributed by atoms with E-state index in [-0.39, 0.29) is 10.5 Å². The highest BCUT2D eigenvalue weighted by Crippen LogP contribution is 2.31. The molecule has 0 saturated heterocycles. The number of hydrogen-bond donors (Lipinski definition) is 1. The van der Waals surface area contributed by atoms with Crippen molar-refractivity contribution in [1.82, 2.24) is 5.32 Å². The maximum atomic E-state index is 13.6. The van der Waals surface area contributed by atoms with Crippen molar-refractivity contribution in [2.45, 2.75) is 24.2 Å². The minimum Gasteiger partial charge on any atom is -0.352 e. The summed E-state index contributed by atoms with van der Waals surface area (Å²) in [7, 11) is 1.11. The zero-order valence-electron chi connectivity index (χ0n) is 10.0. The second-order valence-electron chi connectivity index (χ2n) is 4.57. The molecule has 1 fully saturated rings. The minimum atomic E-state index is -3.99. The molecule has 1 aliphatic rings. The molecule has 1 N–H and O–H groups in total. The van der Waals surface area contributed by atoms with Gasteiger partial charge >= 0.3 is 0 Å². The Bertz CT molecular complexity index is 599. The first-order valence-corrected chi connectivity index (χ1v) is 8.21. The summed E-state index contributed by atoms with van der Waals surface area (Å²) in [5, 5.41) is 2.61. The molecule has 2 rings (SSSR count). The van der Waals surface area contributed by atoms with Crippen LogP contribution in [0.5, 0.6) is 0 Å². The van der Waals surface area contributed by atoms with E-state index in [0.717, 1.165) is 24.6 Å². The van der Waals surface area contributed by atoms with E-state index in [1.807, 2.05) is 0 Å². The van der Waals surface area contributed by atoms with Gasteiger partial charge in [-0.2, -0.15) is 0 Å². The molecule has 104 valence electrons. The maximum Gasteiger partial charge on any atom is 0.261 e. The van der Waals surface area contributed by atoms with E-state index in [2.05, 4.69) is 5.32 Å². The molecule has 0 atom stereocenters. The number of amides is 1. The first-order valence-electron chi connectivity index (χ1n) is 5.90. The molecule has 7 heteroatoms. The number of halogens is 2. The Morgan fingerprint density at radius 3 is 2.63 bits per heavy atom. The molecule has 0 bridgehead atoms. The summed E-state index contributed by atoms with van der Waals surface area (Å²) in [4.78, 5) is 11.3. The Morgan fingerprint density at radius 2 is 2.11 bits per heavy atom. The van der Waals surface area contributed by atoms with Crippen LogP contribution in [0.25, 0.3) is 0 Å². The summed E-state index contributed by atoms with van der Waals surface area (Å²) < 4.78 is 35.7. The largest absolute Gasteiger partial charge is 0.352 e. The van der Waals surface area contributed by atoms with Crippen LogP contribution < -0.4 is 5.32 Å². The van der Waals surface area contributed by atoms with Gasteiger partial charge in [0.1, 0.15) is 5.82 Å². The molecule has 1 aliphatic carbocycles. The molecular formula is C12H13ClFNO3S. The maximum absolute atomic E-state index is 13.6. The van der Waals surface area contributed by atoms with Crippen LogP contribution in [-0.4, -0.2) is 20.9 Å². The third-order valence-corrected chi connectivity index (χ3v) is 4.35. The van der Waals surface area contributed by atoms with Gasteiger partial charge in [0.15, 0.2) is 0 Å². The van der Waals surface area contributed by atoms with Crippen molar-refractivity contribution in [3.05, 3.63) is 29.6 Å². The summed E-state index contributed by atoms with van der Waals surface area (Å²) in [6.45, 7) is 0.499. The zero-order valence-corrected chi connectivity index (χ0v) is 11.6. The molecule has 4 nitrogen and oxygen atoms in total. The van der Waals surface area contributed by atoms with Gasteiger partial charge in [-0.1, -0.05) is 12.8 Å². The number of carbonyl (C=O) groups is 1. The van der Waals surface area contributed by atoms with Crippen LogP contribution in [-0.2, 0) is 9.05 Å². The van der Waals surface area contributed by atoms with Crippen molar-refractivity contribution in [3.8, 4) is 0 Å². The topological polar surface area (TPSA) is 63.2 Å². The van der Waals surface area contributed by atoms with Crippen molar-refractivity contribution in [3.63, 3.8) is 0 Å². The van der Waals surface area contributed by atoms with Crippen LogP contribution in [0.3, 0.4) is 0 Å². The first-order chi connectivity index (χ1) is 8.88. The van der Waals surface area contributed by atoms with E-state index >= 15 is 0 Å². The molecule has 19 heavy (non-hydrogen) atoms. The number of benzene rings is 1. The highest BCUT2D eigenvalue weighted by atomic mass is 35.7. The Labute approximate surface area is 115 Å².